The molecule has 0 bridgehead atoms. The maximum absolute atomic E-state index is 11.7. The summed E-state index contributed by atoms with van der Waals surface area (Å²) in [6, 6.07) is 1.07. The highest BCUT2D eigenvalue weighted by atomic mass is 32.2. The summed E-state index contributed by atoms with van der Waals surface area (Å²) < 4.78 is 6.48. The van der Waals surface area contributed by atoms with Gasteiger partial charge in [0.15, 0.2) is 5.16 Å². The van der Waals surface area contributed by atoms with Crippen LogP contribution in [0.1, 0.15) is 33.1 Å². The van der Waals surface area contributed by atoms with Gasteiger partial charge in [0.2, 0.25) is 5.88 Å². The lowest BCUT2D eigenvalue weighted by Gasteiger charge is -2.10. The van der Waals surface area contributed by atoms with E-state index in [9.17, 15) is 14.7 Å². The number of hydrogen-bond donors (Lipinski definition) is 1. The number of aromatic hydroxyl groups is 1. The van der Waals surface area contributed by atoms with E-state index in [4.69, 9.17) is 4.74 Å². The average molecular weight is 300 g/mol. The van der Waals surface area contributed by atoms with Crippen LogP contribution in [0.2, 0.25) is 0 Å². The summed E-state index contributed by atoms with van der Waals surface area (Å²) in [4.78, 5) is 27.1. The normalized spacial score (nSPS) is 10.5. The molecule has 20 heavy (non-hydrogen) atoms. The van der Waals surface area contributed by atoms with Gasteiger partial charge < -0.3 is 9.84 Å². The largest absolute Gasteiger partial charge is 0.493 e. The Balaban J connectivity index is 2.67. The van der Waals surface area contributed by atoms with Gasteiger partial charge in [-0.05, 0) is 12.8 Å². The first-order chi connectivity index (χ1) is 9.58. The van der Waals surface area contributed by atoms with Gasteiger partial charge in [0.25, 0.3) is 5.56 Å². The predicted octanol–water partition coefficient (Wildman–Crippen LogP) is 1.79. The summed E-state index contributed by atoms with van der Waals surface area (Å²) in [5.74, 6) is -0.600. The van der Waals surface area contributed by atoms with Crippen LogP contribution in [0.5, 0.6) is 5.88 Å². The molecule has 112 valence electrons. The molecule has 0 aliphatic rings. The fourth-order valence-corrected chi connectivity index (χ4v) is 2.33. The first kappa shape index (κ1) is 16.6. The summed E-state index contributed by atoms with van der Waals surface area (Å²) in [7, 11) is 0. The molecule has 0 spiro atoms. The molecule has 0 radical (unpaired) electrons. The van der Waals surface area contributed by atoms with Crippen LogP contribution in [-0.4, -0.2) is 33.0 Å². The van der Waals surface area contributed by atoms with Crippen LogP contribution in [0, 0.1) is 0 Å². The molecule has 0 fully saturated rings. The lowest BCUT2D eigenvalue weighted by Crippen LogP contribution is -2.22. The third-order valence-electron chi connectivity index (χ3n) is 2.49. The number of hydrogen-bond acceptors (Lipinski definition) is 6. The first-order valence-electron chi connectivity index (χ1n) is 6.67. The maximum Gasteiger partial charge on any atom is 0.316 e. The van der Waals surface area contributed by atoms with Crippen LogP contribution < -0.4 is 5.56 Å². The van der Waals surface area contributed by atoms with Crippen molar-refractivity contribution in [2.75, 3.05) is 12.4 Å². The third kappa shape index (κ3) is 5.24. The monoisotopic (exact) mass is 300 g/mol. The Kier molecular flexibility index (Phi) is 7.14. The molecule has 0 saturated carbocycles. The van der Waals surface area contributed by atoms with Crippen LogP contribution in [0.4, 0.5) is 0 Å². The molecule has 0 atom stereocenters. The molecule has 1 N–H and O–H groups in total. The van der Waals surface area contributed by atoms with E-state index in [0.717, 1.165) is 37.1 Å². The third-order valence-corrected chi connectivity index (χ3v) is 3.44. The van der Waals surface area contributed by atoms with E-state index in [0.29, 0.717) is 18.3 Å². The van der Waals surface area contributed by atoms with Crippen LogP contribution >= 0.6 is 11.8 Å². The number of ether oxygens (including phenoxy) is 1. The number of unbranched alkanes of at least 4 members (excludes halogenated alkanes) is 1. The summed E-state index contributed by atoms with van der Waals surface area (Å²) in [6.45, 7) is 4.86. The summed E-state index contributed by atoms with van der Waals surface area (Å²) in [5.41, 5.74) is -0.318. The highest BCUT2D eigenvalue weighted by Crippen LogP contribution is 2.17. The Bertz CT molecular complexity index is 502. The molecule has 1 rings (SSSR count). The van der Waals surface area contributed by atoms with Gasteiger partial charge in [0.1, 0.15) is 0 Å². The molecule has 0 aliphatic carbocycles. The minimum atomic E-state index is -0.343. The Morgan fingerprint density at radius 3 is 2.85 bits per heavy atom. The number of esters is 1. The standard InChI is InChI=1S/C13H20N2O4S/c1-3-5-7-19-12(18)9-20-13-14-10(16)8-11(17)15(13)6-4-2/h8,16H,3-7,9H2,1-2H3. The number of rotatable bonds is 8. The Morgan fingerprint density at radius 2 is 2.20 bits per heavy atom. The van der Waals surface area contributed by atoms with E-state index in [1.54, 1.807) is 0 Å². The van der Waals surface area contributed by atoms with Gasteiger partial charge in [-0.1, -0.05) is 32.0 Å². The highest BCUT2D eigenvalue weighted by Gasteiger charge is 2.11. The molecular weight excluding hydrogens is 280 g/mol. The van der Waals surface area contributed by atoms with Gasteiger partial charge >= 0.3 is 5.97 Å². The summed E-state index contributed by atoms with van der Waals surface area (Å²) in [5, 5.41) is 9.71. The smallest absolute Gasteiger partial charge is 0.316 e. The lowest BCUT2D eigenvalue weighted by atomic mass is 10.4. The zero-order valence-corrected chi connectivity index (χ0v) is 12.6. The lowest BCUT2D eigenvalue weighted by molar-refractivity contribution is -0.140. The van der Waals surface area contributed by atoms with Gasteiger partial charge in [-0.15, -0.1) is 0 Å². The van der Waals surface area contributed by atoms with Gasteiger partial charge in [0.05, 0.1) is 18.4 Å². The van der Waals surface area contributed by atoms with Crippen molar-refractivity contribution in [3.63, 3.8) is 0 Å². The number of carbonyl (C=O) groups is 1. The Hall–Kier alpha value is -1.50. The minimum absolute atomic E-state index is 0.0727. The average Bonchev–Trinajstić information content (AvgIpc) is 2.40. The van der Waals surface area contributed by atoms with E-state index in [-0.39, 0.29) is 23.2 Å². The van der Waals surface area contributed by atoms with E-state index in [2.05, 4.69) is 4.98 Å². The topological polar surface area (TPSA) is 81.4 Å². The van der Waals surface area contributed by atoms with Crippen molar-refractivity contribution in [3.8, 4) is 5.88 Å². The fourth-order valence-electron chi connectivity index (χ4n) is 1.51. The SMILES string of the molecule is CCCCOC(=O)CSc1nc(O)cc(=O)n1CCC. The molecule has 7 heteroatoms. The fraction of sp³-hybridized carbons (Fsp3) is 0.615. The molecule has 6 nitrogen and oxygen atoms in total. The molecule has 1 aromatic rings. The summed E-state index contributed by atoms with van der Waals surface area (Å²) >= 11 is 1.10. The van der Waals surface area contributed by atoms with E-state index < -0.39 is 0 Å². The highest BCUT2D eigenvalue weighted by molar-refractivity contribution is 7.99. The predicted molar refractivity (Wildman–Crippen MR) is 77.0 cm³/mol. The number of nitrogens with zero attached hydrogens (tertiary/aromatic N) is 2. The first-order valence-corrected chi connectivity index (χ1v) is 7.66. The second-order valence-electron chi connectivity index (χ2n) is 4.25. The van der Waals surface area contributed by atoms with E-state index in [1.807, 2.05) is 13.8 Å². The second-order valence-corrected chi connectivity index (χ2v) is 5.19. The Labute approximate surface area is 122 Å². The van der Waals surface area contributed by atoms with Crippen molar-refractivity contribution < 1.29 is 14.6 Å². The van der Waals surface area contributed by atoms with Gasteiger partial charge in [-0.2, -0.15) is 4.98 Å². The Morgan fingerprint density at radius 1 is 1.45 bits per heavy atom. The van der Waals surface area contributed by atoms with Crippen molar-refractivity contribution >= 4 is 17.7 Å². The molecule has 0 unspecified atom stereocenters. The maximum atomic E-state index is 11.7. The molecule has 0 aliphatic heterocycles. The van der Waals surface area contributed by atoms with Crippen molar-refractivity contribution in [2.24, 2.45) is 0 Å². The van der Waals surface area contributed by atoms with Crippen molar-refractivity contribution in [1.29, 1.82) is 0 Å². The quantitative estimate of drug-likeness (QED) is 0.341. The van der Waals surface area contributed by atoms with Crippen molar-refractivity contribution in [2.45, 2.75) is 44.8 Å². The zero-order chi connectivity index (χ0) is 15.0. The molecule has 1 aromatic heterocycles. The van der Waals surface area contributed by atoms with Crippen molar-refractivity contribution in [1.82, 2.24) is 9.55 Å². The van der Waals surface area contributed by atoms with Crippen LogP contribution in [0.3, 0.4) is 0 Å². The minimum Gasteiger partial charge on any atom is -0.493 e. The molecule has 1 heterocycles. The van der Waals surface area contributed by atoms with E-state index >= 15 is 0 Å². The molecule has 0 aromatic carbocycles. The van der Waals surface area contributed by atoms with Crippen molar-refractivity contribution in [3.05, 3.63) is 16.4 Å². The number of carbonyl (C=O) groups excluding carboxylic acids is 1. The van der Waals surface area contributed by atoms with E-state index in [1.165, 1.54) is 4.57 Å². The molecule has 0 saturated heterocycles. The second kappa shape index (κ2) is 8.63. The van der Waals surface area contributed by atoms with Crippen LogP contribution in [0.25, 0.3) is 0 Å². The van der Waals surface area contributed by atoms with Crippen LogP contribution in [-0.2, 0) is 16.1 Å². The zero-order valence-electron chi connectivity index (χ0n) is 11.8. The number of aromatic nitrogens is 2. The molecule has 0 amide bonds. The summed E-state index contributed by atoms with van der Waals surface area (Å²) in [6.07, 6.45) is 2.56. The molecular formula is C13H20N2O4S. The van der Waals surface area contributed by atoms with Gasteiger partial charge in [0, 0.05) is 6.54 Å². The number of thioether (sulfide) groups is 1. The van der Waals surface area contributed by atoms with Crippen LogP contribution in [0.15, 0.2) is 16.0 Å². The van der Waals surface area contributed by atoms with Gasteiger partial charge in [-0.3, -0.25) is 14.2 Å². The van der Waals surface area contributed by atoms with Gasteiger partial charge in [-0.25, -0.2) is 0 Å².